The number of carbonyl (C=O) groups excluding carboxylic acids is 2. The van der Waals surface area contributed by atoms with Crippen LogP contribution in [0.15, 0.2) is 97.1 Å². The van der Waals surface area contributed by atoms with E-state index in [0.29, 0.717) is 25.2 Å². The van der Waals surface area contributed by atoms with Crippen molar-refractivity contribution in [2.24, 2.45) is 5.73 Å². The lowest BCUT2D eigenvalue weighted by atomic mass is 10.1. The highest BCUT2D eigenvalue weighted by Gasteiger charge is 2.11. The van der Waals surface area contributed by atoms with Gasteiger partial charge in [0.1, 0.15) is 0 Å². The van der Waals surface area contributed by atoms with E-state index in [1.165, 1.54) is 6.08 Å². The fraction of sp³-hybridized carbons (Fsp3) is 0.185. The summed E-state index contributed by atoms with van der Waals surface area (Å²) in [5, 5.41) is 8.59. The highest BCUT2D eigenvalue weighted by molar-refractivity contribution is 5.90. The van der Waals surface area contributed by atoms with Crippen molar-refractivity contribution >= 4 is 17.6 Å². The van der Waals surface area contributed by atoms with Gasteiger partial charge in [-0.1, -0.05) is 78.9 Å². The number of hydrogen-bond donors (Lipinski definition) is 4. The molecule has 3 aromatic carbocycles. The first-order valence-corrected chi connectivity index (χ1v) is 11.1. The van der Waals surface area contributed by atoms with Crippen LogP contribution in [0.5, 0.6) is 0 Å². The van der Waals surface area contributed by atoms with Crippen molar-refractivity contribution in [2.45, 2.75) is 18.9 Å². The lowest BCUT2D eigenvalue weighted by molar-refractivity contribution is -0.116. The van der Waals surface area contributed by atoms with Crippen LogP contribution in [0.4, 0.5) is 10.5 Å². The average molecular weight is 443 g/mol. The highest BCUT2D eigenvalue weighted by Crippen LogP contribution is 2.21. The van der Waals surface area contributed by atoms with Crippen molar-refractivity contribution in [2.75, 3.05) is 18.4 Å². The van der Waals surface area contributed by atoms with Crippen molar-refractivity contribution in [3.05, 3.63) is 103 Å². The predicted molar refractivity (Wildman–Crippen MR) is 134 cm³/mol. The molecule has 3 aromatic rings. The maximum Gasteiger partial charge on any atom is 0.319 e. The van der Waals surface area contributed by atoms with Gasteiger partial charge in [-0.25, -0.2) is 4.79 Å². The summed E-state index contributed by atoms with van der Waals surface area (Å²) in [6.07, 6.45) is 4.45. The van der Waals surface area contributed by atoms with Crippen LogP contribution in [0, 0.1) is 0 Å². The molecular formula is C27H30N4O2. The number of nitrogens with one attached hydrogen (secondary N) is 3. The molecule has 0 heterocycles. The largest absolute Gasteiger partial charge is 0.353 e. The Morgan fingerprint density at radius 1 is 0.848 bits per heavy atom. The number of amides is 3. The molecular weight excluding hydrogens is 412 g/mol. The summed E-state index contributed by atoms with van der Waals surface area (Å²) in [6.45, 7) is 1.05. The highest BCUT2D eigenvalue weighted by atomic mass is 16.2. The molecule has 0 aliphatic rings. The first kappa shape index (κ1) is 23.8. The van der Waals surface area contributed by atoms with Crippen LogP contribution >= 0.6 is 0 Å². The Labute approximate surface area is 194 Å². The van der Waals surface area contributed by atoms with E-state index in [4.69, 9.17) is 5.73 Å². The Morgan fingerprint density at radius 3 is 2.15 bits per heavy atom. The summed E-state index contributed by atoms with van der Waals surface area (Å²) >= 11 is 0. The minimum Gasteiger partial charge on any atom is -0.353 e. The number of anilines is 1. The SMILES string of the molecule is NCCCNC(=O)/C=C/C(Cc1ccccc1)NC(=O)Nc1ccc(-c2ccccc2)cc1. The molecule has 5 N–H and O–H groups in total. The fourth-order valence-corrected chi connectivity index (χ4v) is 3.32. The van der Waals surface area contributed by atoms with Gasteiger partial charge in [-0.2, -0.15) is 0 Å². The minimum atomic E-state index is -0.351. The standard InChI is InChI=1S/C27H30N4O2/c28-18-7-19-29-26(32)17-16-25(20-21-8-3-1-4-9-21)31-27(33)30-24-14-12-23(13-15-24)22-10-5-2-6-11-22/h1-6,8-17,25H,7,18-20,28H2,(H,29,32)(H2,30,31,33)/b17-16+. The molecule has 0 saturated heterocycles. The summed E-state index contributed by atoms with van der Waals surface area (Å²) in [5.41, 5.74) is 9.40. The van der Waals surface area contributed by atoms with E-state index in [2.05, 4.69) is 16.0 Å². The zero-order valence-corrected chi connectivity index (χ0v) is 18.5. The van der Waals surface area contributed by atoms with Crippen molar-refractivity contribution in [1.82, 2.24) is 10.6 Å². The van der Waals surface area contributed by atoms with Crippen molar-refractivity contribution < 1.29 is 9.59 Å². The summed E-state index contributed by atoms with van der Waals surface area (Å²) in [4.78, 5) is 24.7. The molecule has 0 fully saturated rings. The quantitative estimate of drug-likeness (QED) is 0.281. The number of carbonyl (C=O) groups is 2. The van der Waals surface area contributed by atoms with E-state index in [1.54, 1.807) is 6.08 Å². The molecule has 0 radical (unpaired) electrons. The Morgan fingerprint density at radius 2 is 1.48 bits per heavy atom. The zero-order valence-electron chi connectivity index (χ0n) is 18.5. The molecule has 6 nitrogen and oxygen atoms in total. The van der Waals surface area contributed by atoms with Crippen molar-refractivity contribution in [1.29, 1.82) is 0 Å². The first-order chi connectivity index (χ1) is 16.1. The zero-order chi connectivity index (χ0) is 23.3. The topological polar surface area (TPSA) is 96.2 Å². The van der Waals surface area contributed by atoms with E-state index in [9.17, 15) is 9.59 Å². The van der Waals surface area contributed by atoms with Crippen molar-refractivity contribution in [3.63, 3.8) is 0 Å². The molecule has 33 heavy (non-hydrogen) atoms. The molecule has 0 spiro atoms. The van der Waals surface area contributed by atoms with Gasteiger partial charge in [-0.05, 0) is 48.2 Å². The van der Waals surface area contributed by atoms with Crippen LogP contribution in [0.25, 0.3) is 11.1 Å². The van der Waals surface area contributed by atoms with E-state index in [-0.39, 0.29) is 18.0 Å². The van der Waals surface area contributed by atoms with Gasteiger partial charge >= 0.3 is 6.03 Å². The molecule has 0 aromatic heterocycles. The molecule has 3 rings (SSSR count). The van der Waals surface area contributed by atoms with Gasteiger partial charge in [0.15, 0.2) is 0 Å². The Hall–Kier alpha value is -3.90. The third-order valence-corrected chi connectivity index (χ3v) is 5.02. The van der Waals surface area contributed by atoms with Gasteiger partial charge in [0.05, 0.1) is 6.04 Å². The summed E-state index contributed by atoms with van der Waals surface area (Å²) in [6, 6.07) is 26.9. The summed E-state index contributed by atoms with van der Waals surface area (Å²) in [7, 11) is 0. The van der Waals surface area contributed by atoms with Gasteiger partial charge in [0.2, 0.25) is 5.91 Å². The number of urea groups is 1. The molecule has 0 saturated carbocycles. The van der Waals surface area contributed by atoms with E-state index >= 15 is 0 Å². The number of rotatable bonds is 10. The van der Waals surface area contributed by atoms with E-state index < -0.39 is 0 Å². The van der Waals surface area contributed by atoms with Crippen molar-refractivity contribution in [3.8, 4) is 11.1 Å². The smallest absolute Gasteiger partial charge is 0.319 e. The Kier molecular flexibility index (Phi) is 9.24. The second-order valence-corrected chi connectivity index (χ2v) is 7.63. The molecule has 3 amide bonds. The molecule has 0 aliphatic heterocycles. The second kappa shape index (κ2) is 12.8. The maximum absolute atomic E-state index is 12.7. The van der Waals surface area contributed by atoms with E-state index in [1.807, 2.05) is 84.9 Å². The lowest BCUT2D eigenvalue weighted by Gasteiger charge is -2.16. The summed E-state index contributed by atoms with van der Waals surface area (Å²) in [5.74, 6) is -0.208. The summed E-state index contributed by atoms with van der Waals surface area (Å²) < 4.78 is 0. The molecule has 1 unspecified atom stereocenters. The molecule has 0 bridgehead atoms. The van der Waals surface area contributed by atoms with E-state index in [0.717, 1.165) is 23.1 Å². The molecule has 1 atom stereocenters. The van der Waals surface area contributed by atoms with Gasteiger partial charge in [0, 0.05) is 18.3 Å². The van der Waals surface area contributed by atoms with Gasteiger partial charge in [0.25, 0.3) is 0 Å². The maximum atomic E-state index is 12.7. The lowest BCUT2D eigenvalue weighted by Crippen LogP contribution is -2.38. The van der Waals surface area contributed by atoms with Crippen LogP contribution in [0.2, 0.25) is 0 Å². The second-order valence-electron chi connectivity index (χ2n) is 7.63. The third kappa shape index (κ3) is 8.27. The predicted octanol–water partition coefficient (Wildman–Crippen LogP) is 4.11. The minimum absolute atomic E-state index is 0.208. The van der Waals surface area contributed by atoms with Crippen LogP contribution in [0.3, 0.4) is 0 Å². The van der Waals surface area contributed by atoms with Crippen LogP contribution in [-0.4, -0.2) is 31.1 Å². The number of nitrogens with two attached hydrogens (primary N) is 1. The average Bonchev–Trinajstić information content (AvgIpc) is 2.84. The van der Waals surface area contributed by atoms with Gasteiger partial charge in [-0.15, -0.1) is 0 Å². The van der Waals surface area contributed by atoms with Gasteiger partial charge in [-0.3, -0.25) is 4.79 Å². The third-order valence-electron chi connectivity index (χ3n) is 5.02. The molecule has 0 aliphatic carbocycles. The molecule has 6 heteroatoms. The fourth-order valence-electron chi connectivity index (χ4n) is 3.32. The Bertz CT molecular complexity index is 1030. The number of hydrogen-bond acceptors (Lipinski definition) is 3. The van der Waals surface area contributed by atoms with Crippen LogP contribution < -0.4 is 21.7 Å². The molecule has 170 valence electrons. The Balaban J connectivity index is 1.61. The van der Waals surface area contributed by atoms with Crippen LogP contribution in [-0.2, 0) is 11.2 Å². The normalized spacial score (nSPS) is 11.7. The number of benzene rings is 3. The van der Waals surface area contributed by atoms with Crippen LogP contribution in [0.1, 0.15) is 12.0 Å². The first-order valence-electron chi connectivity index (χ1n) is 11.1. The van der Waals surface area contributed by atoms with Gasteiger partial charge < -0.3 is 21.7 Å². The monoisotopic (exact) mass is 442 g/mol.